The summed E-state index contributed by atoms with van der Waals surface area (Å²) in [5.41, 5.74) is 7.97. The largest absolute Gasteiger partial charge is 0.298 e. The fraction of sp³-hybridized carbons (Fsp3) is 0. The zero-order valence-electron chi connectivity index (χ0n) is 7.12. The van der Waals surface area contributed by atoms with Gasteiger partial charge in [0.1, 0.15) is 0 Å². The average molecular weight is 271 g/mol. The predicted molar refractivity (Wildman–Crippen MR) is 55.0 cm³/mol. The highest BCUT2D eigenvalue weighted by Crippen LogP contribution is 2.32. The fourth-order valence-electron chi connectivity index (χ4n) is 0.937. The lowest BCUT2D eigenvalue weighted by Crippen LogP contribution is -1.91. The normalized spacial score (nSPS) is 9.13. The van der Waals surface area contributed by atoms with Crippen molar-refractivity contribution in [3.63, 3.8) is 0 Å². The third-order valence-corrected chi connectivity index (χ3v) is 2.21. The molecule has 15 heavy (non-hydrogen) atoms. The molecular weight excluding hydrogens is 268 g/mol. The lowest BCUT2D eigenvalue weighted by Gasteiger charge is -1.99. The molecule has 1 aromatic carbocycles. The minimum absolute atomic E-state index is 0.0253. The van der Waals surface area contributed by atoms with E-state index >= 15 is 0 Å². The Morgan fingerprint density at radius 1 is 1.60 bits per heavy atom. The van der Waals surface area contributed by atoms with Crippen LogP contribution in [-0.4, -0.2) is 11.2 Å². The molecule has 8 heteroatoms. The third kappa shape index (κ3) is 2.30. The topological polar surface area (TPSA) is 109 Å². The Bertz CT molecular complexity index is 481. The Balaban J connectivity index is 3.47. The molecule has 7 nitrogen and oxygen atoms in total. The molecule has 1 rings (SSSR count). The average Bonchev–Trinajstić information content (AvgIpc) is 2.18. The summed E-state index contributed by atoms with van der Waals surface area (Å²) in [7, 11) is 0. The number of rotatable bonds is 3. The highest BCUT2D eigenvalue weighted by molar-refractivity contribution is 9.10. The summed E-state index contributed by atoms with van der Waals surface area (Å²) in [6.07, 6.45) is 0.392. The van der Waals surface area contributed by atoms with E-state index in [1.165, 1.54) is 6.07 Å². The van der Waals surface area contributed by atoms with Gasteiger partial charge in [0.15, 0.2) is 6.29 Å². The molecule has 0 spiro atoms. The zero-order valence-corrected chi connectivity index (χ0v) is 8.71. The van der Waals surface area contributed by atoms with E-state index in [2.05, 4.69) is 26.0 Å². The second-order valence-corrected chi connectivity index (χ2v) is 3.28. The summed E-state index contributed by atoms with van der Waals surface area (Å²) in [6.45, 7) is 0. The first-order valence-electron chi connectivity index (χ1n) is 3.58. The molecule has 0 aliphatic carbocycles. The molecule has 0 fully saturated rings. The molecule has 0 saturated heterocycles. The van der Waals surface area contributed by atoms with Crippen molar-refractivity contribution in [3.8, 4) is 0 Å². The summed E-state index contributed by atoms with van der Waals surface area (Å²) in [4.78, 5) is 22.9. The maximum Gasteiger partial charge on any atom is 0.284 e. The maximum atomic E-state index is 10.6. The van der Waals surface area contributed by atoms with Crippen molar-refractivity contribution in [2.75, 3.05) is 0 Å². The summed E-state index contributed by atoms with van der Waals surface area (Å²) >= 11 is 2.94. The van der Waals surface area contributed by atoms with E-state index < -0.39 is 4.92 Å². The van der Waals surface area contributed by atoms with Crippen LogP contribution in [0.15, 0.2) is 21.7 Å². The van der Waals surface area contributed by atoms with Gasteiger partial charge in [0.25, 0.3) is 5.69 Å². The van der Waals surface area contributed by atoms with Crippen LogP contribution in [0.3, 0.4) is 0 Å². The summed E-state index contributed by atoms with van der Waals surface area (Å²) in [5, 5.41) is 13.8. The van der Waals surface area contributed by atoms with Gasteiger partial charge in [-0.2, -0.15) is 0 Å². The van der Waals surface area contributed by atoms with Gasteiger partial charge in [0.2, 0.25) is 0 Å². The van der Waals surface area contributed by atoms with Crippen molar-refractivity contribution in [2.24, 2.45) is 5.11 Å². The molecule has 0 radical (unpaired) electrons. The number of halogens is 1. The van der Waals surface area contributed by atoms with Crippen molar-refractivity contribution in [1.29, 1.82) is 0 Å². The molecule has 0 heterocycles. The molecule has 0 aromatic heterocycles. The number of nitro groups is 1. The van der Waals surface area contributed by atoms with E-state index in [4.69, 9.17) is 5.53 Å². The number of carbonyl (C=O) groups is 1. The minimum atomic E-state index is -0.642. The first-order valence-corrected chi connectivity index (χ1v) is 4.37. The van der Waals surface area contributed by atoms with E-state index in [9.17, 15) is 14.9 Å². The van der Waals surface area contributed by atoms with Crippen LogP contribution in [0.5, 0.6) is 0 Å². The molecule has 0 N–H and O–H groups in total. The molecule has 0 atom stereocenters. The lowest BCUT2D eigenvalue weighted by molar-refractivity contribution is -0.385. The monoisotopic (exact) mass is 270 g/mol. The maximum absolute atomic E-state index is 10.6. The van der Waals surface area contributed by atoms with Gasteiger partial charge >= 0.3 is 0 Å². The van der Waals surface area contributed by atoms with Gasteiger partial charge in [-0.1, -0.05) is 5.11 Å². The van der Waals surface area contributed by atoms with Crippen molar-refractivity contribution in [2.45, 2.75) is 0 Å². The van der Waals surface area contributed by atoms with E-state index in [0.29, 0.717) is 6.29 Å². The van der Waals surface area contributed by atoms with Crippen LogP contribution in [0.4, 0.5) is 11.4 Å². The number of aldehydes is 1. The van der Waals surface area contributed by atoms with E-state index in [0.717, 1.165) is 6.07 Å². The van der Waals surface area contributed by atoms with E-state index in [1.54, 1.807) is 0 Å². The van der Waals surface area contributed by atoms with Gasteiger partial charge < -0.3 is 0 Å². The van der Waals surface area contributed by atoms with E-state index in [1.807, 2.05) is 0 Å². The molecule has 0 aliphatic rings. The van der Waals surface area contributed by atoms with Gasteiger partial charge in [-0.05, 0) is 27.5 Å². The van der Waals surface area contributed by atoms with Crippen LogP contribution in [0.2, 0.25) is 0 Å². The van der Waals surface area contributed by atoms with Crippen LogP contribution in [0.1, 0.15) is 10.4 Å². The molecule has 0 unspecified atom stereocenters. The van der Waals surface area contributed by atoms with Crippen LogP contribution in [0.25, 0.3) is 10.4 Å². The first kappa shape index (κ1) is 11.2. The van der Waals surface area contributed by atoms with Crippen molar-refractivity contribution in [3.05, 3.63) is 42.7 Å². The smallest absolute Gasteiger partial charge is 0.284 e. The highest BCUT2D eigenvalue weighted by Gasteiger charge is 2.15. The van der Waals surface area contributed by atoms with Crippen LogP contribution in [-0.2, 0) is 0 Å². The van der Waals surface area contributed by atoms with Crippen molar-refractivity contribution in [1.82, 2.24) is 0 Å². The molecule has 1 aromatic rings. The Morgan fingerprint density at radius 3 is 2.73 bits per heavy atom. The molecule has 0 bridgehead atoms. The van der Waals surface area contributed by atoms with Crippen LogP contribution < -0.4 is 0 Å². The lowest BCUT2D eigenvalue weighted by atomic mass is 10.2. The van der Waals surface area contributed by atoms with E-state index in [-0.39, 0.29) is 21.4 Å². The number of nitrogens with zero attached hydrogens (tertiary/aromatic N) is 4. The van der Waals surface area contributed by atoms with Crippen molar-refractivity contribution < 1.29 is 9.72 Å². The summed E-state index contributed by atoms with van der Waals surface area (Å²) < 4.78 is 0.153. The second kappa shape index (κ2) is 4.54. The number of nitro benzene ring substituents is 1. The third-order valence-electron chi connectivity index (χ3n) is 1.57. The van der Waals surface area contributed by atoms with Crippen LogP contribution in [0, 0.1) is 10.1 Å². The Kier molecular flexibility index (Phi) is 3.37. The van der Waals surface area contributed by atoms with Crippen molar-refractivity contribution >= 4 is 33.6 Å². The van der Waals surface area contributed by atoms with Gasteiger partial charge in [-0.3, -0.25) is 14.9 Å². The van der Waals surface area contributed by atoms with Crippen LogP contribution >= 0.6 is 15.9 Å². The number of hydrogen-bond acceptors (Lipinski definition) is 4. The molecule has 0 aliphatic heterocycles. The predicted octanol–water partition coefficient (Wildman–Crippen LogP) is 3.11. The van der Waals surface area contributed by atoms with Gasteiger partial charge in [-0.25, -0.2) is 0 Å². The number of benzene rings is 1. The molecule has 0 amide bonds. The van der Waals surface area contributed by atoms with Gasteiger partial charge in [0.05, 0.1) is 9.40 Å². The Morgan fingerprint density at radius 2 is 2.27 bits per heavy atom. The Hall–Kier alpha value is -1.92. The number of carbonyl (C=O) groups excluding carboxylic acids is 1. The summed E-state index contributed by atoms with van der Waals surface area (Å²) in [6, 6.07) is 2.27. The highest BCUT2D eigenvalue weighted by atomic mass is 79.9. The quantitative estimate of drug-likeness (QED) is 0.210. The molecule has 0 saturated carbocycles. The molecule has 76 valence electrons. The zero-order chi connectivity index (χ0) is 11.4. The Labute approximate surface area is 91.6 Å². The molecular formula is C7H3BrN4O3. The first-order chi connectivity index (χ1) is 7.10. The fourth-order valence-corrected chi connectivity index (χ4v) is 1.41. The number of azide groups is 1. The standard InChI is InChI=1S/C7H3BrN4O3/c8-5-2-6(10-11-9)4(3-13)1-7(5)12(14)15/h1-3H. The van der Waals surface area contributed by atoms with Gasteiger partial charge in [0, 0.05) is 22.2 Å². The minimum Gasteiger partial charge on any atom is -0.298 e. The second-order valence-electron chi connectivity index (χ2n) is 2.43. The van der Waals surface area contributed by atoms with Gasteiger partial charge in [-0.15, -0.1) is 0 Å². The number of hydrogen-bond donors (Lipinski definition) is 0. The summed E-state index contributed by atoms with van der Waals surface area (Å²) in [5.74, 6) is 0. The SMILES string of the molecule is [N-]=[N+]=Nc1cc(Br)c([N+](=O)[O-])cc1C=O.